The molecule has 0 aliphatic rings. The van der Waals surface area contributed by atoms with Crippen molar-refractivity contribution in [2.45, 2.75) is 13.5 Å². The molecular weight excluding hydrogens is 318 g/mol. The summed E-state index contributed by atoms with van der Waals surface area (Å²) in [5.41, 5.74) is 0.899. The van der Waals surface area contributed by atoms with Gasteiger partial charge in [-0.2, -0.15) is 0 Å². The fourth-order valence-corrected chi connectivity index (χ4v) is 2.20. The smallest absolute Gasteiger partial charge is 0.191 e. The molecule has 0 unspecified atom stereocenters. The maximum atomic E-state index is 9.82. The minimum atomic E-state index is 0.115. The summed E-state index contributed by atoms with van der Waals surface area (Å²) in [4.78, 5) is 4.51. The number of methoxy groups -OCH3 is 1. The first-order valence-corrected chi connectivity index (χ1v) is 8.29. The van der Waals surface area contributed by atoms with Crippen molar-refractivity contribution in [2.24, 2.45) is 4.99 Å². The number of aromatic hydroxyl groups is 1. The van der Waals surface area contributed by atoms with Crippen molar-refractivity contribution in [3.63, 3.8) is 0 Å². The molecule has 0 aromatic heterocycles. The topological polar surface area (TPSA) is 75.1 Å². The number of nitrogens with one attached hydrogen (secondary N) is 2. The molecule has 25 heavy (non-hydrogen) atoms. The molecule has 0 aliphatic carbocycles. The Balaban J connectivity index is 1.84. The molecule has 0 fully saturated rings. The monoisotopic (exact) mass is 343 g/mol. The average Bonchev–Trinajstić information content (AvgIpc) is 2.64. The Morgan fingerprint density at radius 2 is 1.92 bits per heavy atom. The normalized spacial score (nSPS) is 11.0. The van der Waals surface area contributed by atoms with E-state index in [1.807, 2.05) is 43.3 Å². The van der Waals surface area contributed by atoms with Gasteiger partial charge in [0.05, 0.1) is 20.2 Å². The highest BCUT2D eigenvalue weighted by Crippen LogP contribution is 2.26. The van der Waals surface area contributed by atoms with E-state index in [-0.39, 0.29) is 5.75 Å². The molecule has 0 saturated carbocycles. The second kappa shape index (κ2) is 10.1. The van der Waals surface area contributed by atoms with Crippen LogP contribution in [0.2, 0.25) is 0 Å². The third-order valence-electron chi connectivity index (χ3n) is 3.41. The van der Waals surface area contributed by atoms with E-state index in [1.165, 1.54) is 7.11 Å². The lowest BCUT2D eigenvalue weighted by Gasteiger charge is -2.12. The number of para-hydroxylation sites is 1. The zero-order valence-corrected chi connectivity index (χ0v) is 14.7. The maximum Gasteiger partial charge on any atom is 0.191 e. The molecule has 6 nitrogen and oxygen atoms in total. The Morgan fingerprint density at radius 3 is 2.60 bits per heavy atom. The summed E-state index contributed by atoms with van der Waals surface area (Å²) >= 11 is 0. The van der Waals surface area contributed by atoms with Crippen LogP contribution in [0.25, 0.3) is 0 Å². The van der Waals surface area contributed by atoms with E-state index in [0.29, 0.717) is 31.4 Å². The van der Waals surface area contributed by atoms with Gasteiger partial charge in [0.1, 0.15) is 12.4 Å². The summed E-state index contributed by atoms with van der Waals surface area (Å²) in [7, 11) is 1.53. The van der Waals surface area contributed by atoms with Gasteiger partial charge in [-0.25, -0.2) is 4.99 Å². The van der Waals surface area contributed by atoms with Crippen LogP contribution in [0.4, 0.5) is 0 Å². The third-order valence-corrected chi connectivity index (χ3v) is 3.41. The van der Waals surface area contributed by atoms with E-state index in [0.717, 1.165) is 17.9 Å². The van der Waals surface area contributed by atoms with Crippen LogP contribution in [0, 0.1) is 0 Å². The zero-order chi connectivity index (χ0) is 17.9. The van der Waals surface area contributed by atoms with Crippen molar-refractivity contribution in [2.75, 3.05) is 26.8 Å². The molecule has 2 aromatic rings. The third kappa shape index (κ3) is 6.25. The van der Waals surface area contributed by atoms with Crippen molar-refractivity contribution in [1.82, 2.24) is 10.6 Å². The molecule has 0 saturated heterocycles. The van der Waals surface area contributed by atoms with Crippen molar-refractivity contribution in [1.29, 1.82) is 0 Å². The largest absolute Gasteiger partial charge is 0.504 e. The number of aliphatic imine (C=N–C) groups is 1. The number of hydrogen-bond acceptors (Lipinski definition) is 4. The molecule has 6 heteroatoms. The summed E-state index contributed by atoms with van der Waals surface area (Å²) < 4.78 is 10.7. The summed E-state index contributed by atoms with van der Waals surface area (Å²) in [6.45, 7) is 4.40. The van der Waals surface area contributed by atoms with E-state index in [4.69, 9.17) is 9.47 Å². The number of guanidine groups is 1. The van der Waals surface area contributed by atoms with E-state index >= 15 is 0 Å². The highest BCUT2D eigenvalue weighted by molar-refractivity contribution is 5.79. The van der Waals surface area contributed by atoms with Gasteiger partial charge in [0, 0.05) is 6.54 Å². The van der Waals surface area contributed by atoms with E-state index in [1.54, 1.807) is 12.1 Å². The number of ether oxygens (including phenoxy) is 2. The molecule has 3 N–H and O–H groups in total. The van der Waals surface area contributed by atoms with Crippen molar-refractivity contribution < 1.29 is 14.6 Å². The Morgan fingerprint density at radius 1 is 1.12 bits per heavy atom. The van der Waals surface area contributed by atoms with E-state index in [9.17, 15) is 5.11 Å². The Kier molecular flexibility index (Phi) is 7.43. The molecule has 134 valence electrons. The summed E-state index contributed by atoms with van der Waals surface area (Å²) in [5, 5.41) is 16.2. The highest BCUT2D eigenvalue weighted by atomic mass is 16.5. The van der Waals surface area contributed by atoms with Crippen LogP contribution in [0.5, 0.6) is 17.2 Å². The Hall–Kier alpha value is -2.89. The quantitative estimate of drug-likeness (QED) is 0.390. The molecule has 0 spiro atoms. The number of nitrogens with zero attached hydrogens (tertiary/aromatic N) is 1. The molecule has 0 radical (unpaired) electrons. The number of phenols is 1. The summed E-state index contributed by atoms with van der Waals surface area (Å²) in [6.07, 6.45) is 0. The Bertz CT molecular complexity index is 675. The fraction of sp³-hybridized carbons (Fsp3) is 0.316. The van der Waals surface area contributed by atoms with Gasteiger partial charge in [-0.05, 0) is 36.8 Å². The van der Waals surface area contributed by atoms with Gasteiger partial charge in [0.2, 0.25) is 0 Å². The lowest BCUT2D eigenvalue weighted by atomic mass is 10.2. The van der Waals surface area contributed by atoms with Gasteiger partial charge in [-0.1, -0.05) is 24.3 Å². The second-order valence-corrected chi connectivity index (χ2v) is 5.29. The molecule has 0 heterocycles. The van der Waals surface area contributed by atoms with E-state index < -0.39 is 0 Å². The maximum absolute atomic E-state index is 9.82. The minimum Gasteiger partial charge on any atom is -0.504 e. The number of phenolic OH excluding ortho intramolecular Hbond substituents is 1. The van der Waals surface area contributed by atoms with Crippen LogP contribution < -0.4 is 20.1 Å². The average molecular weight is 343 g/mol. The van der Waals surface area contributed by atoms with Gasteiger partial charge < -0.3 is 25.2 Å². The van der Waals surface area contributed by atoms with Crippen molar-refractivity contribution in [3.8, 4) is 17.2 Å². The summed E-state index contributed by atoms with van der Waals surface area (Å²) in [6, 6.07) is 15.0. The number of benzene rings is 2. The summed E-state index contributed by atoms with van der Waals surface area (Å²) in [5.74, 6) is 2.12. The van der Waals surface area contributed by atoms with E-state index in [2.05, 4.69) is 15.6 Å². The van der Waals surface area contributed by atoms with Crippen LogP contribution in [-0.4, -0.2) is 37.9 Å². The molecule has 0 bridgehead atoms. The van der Waals surface area contributed by atoms with Gasteiger partial charge in [0.15, 0.2) is 17.5 Å². The van der Waals surface area contributed by atoms with Gasteiger partial charge in [-0.3, -0.25) is 0 Å². The molecular formula is C19H25N3O3. The van der Waals surface area contributed by atoms with Crippen molar-refractivity contribution >= 4 is 5.96 Å². The molecule has 0 aliphatic heterocycles. The fourth-order valence-electron chi connectivity index (χ4n) is 2.20. The van der Waals surface area contributed by atoms with Gasteiger partial charge in [-0.15, -0.1) is 0 Å². The lowest BCUT2D eigenvalue weighted by molar-refractivity contribution is 0.322. The van der Waals surface area contributed by atoms with Crippen LogP contribution in [0.3, 0.4) is 0 Å². The van der Waals surface area contributed by atoms with Gasteiger partial charge >= 0.3 is 0 Å². The zero-order valence-electron chi connectivity index (χ0n) is 14.7. The molecule has 0 amide bonds. The Labute approximate surface area is 148 Å². The molecule has 2 aromatic carbocycles. The highest BCUT2D eigenvalue weighted by Gasteiger charge is 2.03. The first kappa shape index (κ1) is 18.4. The van der Waals surface area contributed by atoms with Crippen LogP contribution in [0.1, 0.15) is 12.5 Å². The second-order valence-electron chi connectivity index (χ2n) is 5.29. The predicted molar refractivity (Wildman–Crippen MR) is 99.4 cm³/mol. The standard InChI is InChI=1S/C19H25N3O3/c1-3-20-19(21-11-12-25-16-7-5-4-6-8-16)22-14-15-9-10-18(24-2)17(23)13-15/h4-10,13,23H,3,11-12,14H2,1-2H3,(H2,20,21,22). The number of hydrogen-bond donors (Lipinski definition) is 3. The SMILES string of the molecule is CCNC(=NCc1ccc(OC)c(O)c1)NCCOc1ccccc1. The first-order valence-electron chi connectivity index (χ1n) is 8.29. The minimum absolute atomic E-state index is 0.115. The number of rotatable bonds is 8. The van der Waals surface area contributed by atoms with Crippen LogP contribution >= 0.6 is 0 Å². The van der Waals surface area contributed by atoms with Crippen LogP contribution in [-0.2, 0) is 6.54 Å². The van der Waals surface area contributed by atoms with Crippen LogP contribution in [0.15, 0.2) is 53.5 Å². The lowest BCUT2D eigenvalue weighted by Crippen LogP contribution is -2.39. The molecule has 2 rings (SSSR count). The predicted octanol–water partition coefficient (Wildman–Crippen LogP) is 2.53. The van der Waals surface area contributed by atoms with Gasteiger partial charge in [0.25, 0.3) is 0 Å². The van der Waals surface area contributed by atoms with Crippen molar-refractivity contribution in [3.05, 3.63) is 54.1 Å². The molecule has 0 atom stereocenters. The first-order chi connectivity index (χ1) is 12.2.